The van der Waals surface area contributed by atoms with E-state index in [2.05, 4.69) is 5.10 Å². The maximum Gasteiger partial charge on any atom is 0.248 e. The lowest BCUT2D eigenvalue weighted by Crippen LogP contribution is -2.61. The van der Waals surface area contributed by atoms with E-state index in [1.807, 2.05) is 0 Å². The number of morpholine rings is 1. The van der Waals surface area contributed by atoms with Crippen molar-refractivity contribution < 1.29 is 14.3 Å². The van der Waals surface area contributed by atoms with E-state index in [4.69, 9.17) is 4.74 Å². The Morgan fingerprint density at radius 3 is 3.15 bits per heavy atom. The summed E-state index contributed by atoms with van der Waals surface area (Å²) in [5.41, 5.74) is 0. The normalized spacial score (nSPS) is 26.6. The molecule has 0 radical (unpaired) electrons. The molecule has 0 bridgehead atoms. The van der Waals surface area contributed by atoms with Crippen LogP contribution < -0.4 is 0 Å². The molecule has 0 N–H and O–H groups in total. The second-order valence-corrected chi connectivity index (χ2v) is 5.25. The zero-order valence-electron chi connectivity index (χ0n) is 11.4. The highest BCUT2D eigenvalue weighted by molar-refractivity contribution is 5.79. The third kappa shape index (κ3) is 2.40. The first kappa shape index (κ1) is 13.1. The summed E-state index contributed by atoms with van der Waals surface area (Å²) in [4.78, 5) is 27.4. The number of piperidine rings is 1. The van der Waals surface area contributed by atoms with Crippen molar-refractivity contribution in [2.75, 3.05) is 26.7 Å². The molecule has 20 heavy (non-hydrogen) atoms. The van der Waals surface area contributed by atoms with E-state index in [0.29, 0.717) is 13.1 Å². The Hall–Kier alpha value is -1.89. The summed E-state index contributed by atoms with van der Waals surface area (Å²) in [7, 11) is 1.78. The van der Waals surface area contributed by atoms with E-state index in [1.165, 1.54) is 0 Å². The van der Waals surface area contributed by atoms with E-state index in [1.54, 1.807) is 40.0 Å². The predicted octanol–water partition coefficient (Wildman–Crippen LogP) is -0.659. The van der Waals surface area contributed by atoms with E-state index in [0.717, 1.165) is 6.42 Å². The molecule has 108 valence electrons. The largest absolute Gasteiger partial charge is 0.366 e. The summed E-state index contributed by atoms with van der Waals surface area (Å²) >= 11 is 0. The molecule has 2 aliphatic rings. The molecule has 2 saturated heterocycles. The Bertz CT molecular complexity index is 502. The Labute approximate surface area is 117 Å². The summed E-state index contributed by atoms with van der Waals surface area (Å²) < 4.78 is 7.16. The van der Waals surface area contributed by atoms with Gasteiger partial charge in [-0.25, -0.2) is 0 Å². The molecule has 0 aliphatic carbocycles. The van der Waals surface area contributed by atoms with Crippen molar-refractivity contribution in [3.8, 4) is 0 Å². The van der Waals surface area contributed by atoms with Gasteiger partial charge in [-0.3, -0.25) is 14.3 Å². The van der Waals surface area contributed by atoms with Crippen molar-refractivity contribution in [2.24, 2.45) is 0 Å². The van der Waals surface area contributed by atoms with Crippen molar-refractivity contribution in [2.45, 2.75) is 25.1 Å². The van der Waals surface area contributed by atoms with Crippen LogP contribution in [0.25, 0.3) is 0 Å². The lowest BCUT2D eigenvalue weighted by atomic mass is 9.99. The molecular weight excluding hydrogens is 260 g/mol. The Morgan fingerprint density at radius 1 is 1.55 bits per heavy atom. The van der Waals surface area contributed by atoms with Crippen molar-refractivity contribution >= 4 is 11.8 Å². The number of fused-ring (bicyclic) bond motifs is 1. The number of hydrogen-bond donors (Lipinski definition) is 0. The van der Waals surface area contributed by atoms with Gasteiger partial charge in [0.1, 0.15) is 13.2 Å². The fourth-order valence-electron chi connectivity index (χ4n) is 2.80. The number of hydrogen-bond acceptors (Lipinski definition) is 4. The lowest BCUT2D eigenvalue weighted by Gasteiger charge is -2.45. The number of likely N-dealkylation sites (tertiary alicyclic amines) is 1. The minimum atomic E-state index is -0.0356. The Morgan fingerprint density at radius 2 is 2.40 bits per heavy atom. The second-order valence-electron chi connectivity index (χ2n) is 5.25. The quantitative estimate of drug-likeness (QED) is 0.720. The van der Waals surface area contributed by atoms with Crippen LogP contribution in [0, 0.1) is 0 Å². The van der Waals surface area contributed by atoms with Crippen LogP contribution in [0.3, 0.4) is 0 Å². The minimum absolute atomic E-state index is 0.0207. The first-order valence-corrected chi connectivity index (χ1v) is 6.77. The third-order valence-electron chi connectivity index (χ3n) is 4.04. The summed E-state index contributed by atoms with van der Waals surface area (Å²) in [6.45, 7) is 1.60. The first-order chi connectivity index (χ1) is 9.65. The lowest BCUT2D eigenvalue weighted by molar-refractivity contribution is -0.163. The van der Waals surface area contributed by atoms with Crippen LogP contribution >= 0.6 is 0 Å². The topological polar surface area (TPSA) is 67.7 Å². The fraction of sp³-hybridized carbons (Fsp3) is 0.615. The van der Waals surface area contributed by atoms with Gasteiger partial charge in [0.15, 0.2) is 0 Å². The van der Waals surface area contributed by atoms with Gasteiger partial charge in [0.05, 0.1) is 12.1 Å². The van der Waals surface area contributed by atoms with Crippen LogP contribution in [-0.2, 0) is 20.9 Å². The third-order valence-corrected chi connectivity index (χ3v) is 4.04. The van der Waals surface area contributed by atoms with E-state index >= 15 is 0 Å². The summed E-state index contributed by atoms with van der Waals surface area (Å²) in [5, 5.41) is 4.04. The van der Waals surface area contributed by atoms with Crippen molar-refractivity contribution in [1.29, 1.82) is 0 Å². The van der Waals surface area contributed by atoms with Crippen LogP contribution in [0.4, 0.5) is 0 Å². The van der Waals surface area contributed by atoms with Gasteiger partial charge in [-0.15, -0.1) is 0 Å². The van der Waals surface area contributed by atoms with Crippen LogP contribution in [-0.4, -0.2) is 70.3 Å². The zero-order chi connectivity index (χ0) is 14.1. The fourth-order valence-corrected chi connectivity index (χ4v) is 2.80. The van der Waals surface area contributed by atoms with Crippen molar-refractivity contribution in [1.82, 2.24) is 19.6 Å². The van der Waals surface area contributed by atoms with Gasteiger partial charge in [0.2, 0.25) is 11.8 Å². The molecule has 0 spiro atoms. The van der Waals surface area contributed by atoms with E-state index in [-0.39, 0.29) is 37.1 Å². The minimum Gasteiger partial charge on any atom is -0.366 e. The van der Waals surface area contributed by atoms with Crippen LogP contribution in [0.1, 0.15) is 6.42 Å². The molecule has 2 fully saturated rings. The van der Waals surface area contributed by atoms with Crippen molar-refractivity contribution in [3.05, 3.63) is 18.5 Å². The molecule has 7 nitrogen and oxygen atoms in total. The number of nitrogens with zero attached hydrogens (tertiary/aromatic N) is 4. The molecule has 0 aromatic carbocycles. The van der Waals surface area contributed by atoms with Gasteiger partial charge in [0.25, 0.3) is 0 Å². The molecule has 3 heterocycles. The zero-order valence-corrected chi connectivity index (χ0v) is 11.4. The standard InChI is InChI=1S/C13H18N4O3/c1-15-10-7-16(6-3-11(10)20-9-13(15)19)12(18)8-17-5-2-4-14-17/h2,4-5,10-11H,3,6-9H2,1H3/t10-,11+/m0/s1. The number of amides is 2. The van der Waals surface area contributed by atoms with Crippen LogP contribution in [0.5, 0.6) is 0 Å². The molecule has 2 aliphatic heterocycles. The van der Waals surface area contributed by atoms with E-state index in [9.17, 15) is 9.59 Å². The highest BCUT2D eigenvalue weighted by atomic mass is 16.5. The van der Waals surface area contributed by atoms with Gasteiger partial charge in [0, 0.05) is 32.5 Å². The van der Waals surface area contributed by atoms with Gasteiger partial charge in [-0.2, -0.15) is 5.10 Å². The number of carbonyl (C=O) groups excluding carboxylic acids is 2. The molecule has 7 heteroatoms. The first-order valence-electron chi connectivity index (χ1n) is 6.77. The predicted molar refractivity (Wildman–Crippen MR) is 69.7 cm³/mol. The number of carbonyl (C=O) groups is 2. The average molecular weight is 278 g/mol. The second kappa shape index (κ2) is 5.24. The number of rotatable bonds is 2. The molecular formula is C13H18N4O3. The molecule has 2 amide bonds. The monoisotopic (exact) mass is 278 g/mol. The Balaban J connectivity index is 1.64. The van der Waals surface area contributed by atoms with Gasteiger partial charge in [-0.05, 0) is 12.5 Å². The molecule has 3 rings (SSSR count). The molecule has 2 atom stereocenters. The van der Waals surface area contributed by atoms with E-state index < -0.39 is 0 Å². The smallest absolute Gasteiger partial charge is 0.248 e. The number of likely N-dealkylation sites (N-methyl/N-ethyl adjacent to an activating group) is 1. The summed E-state index contributed by atoms with van der Waals surface area (Å²) in [6.07, 6.45) is 4.24. The highest BCUT2D eigenvalue weighted by Gasteiger charge is 2.39. The molecule has 1 aromatic rings. The van der Waals surface area contributed by atoms with Crippen LogP contribution in [0.15, 0.2) is 18.5 Å². The number of aromatic nitrogens is 2. The molecule has 0 saturated carbocycles. The van der Waals surface area contributed by atoms with Gasteiger partial charge >= 0.3 is 0 Å². The SMILES string of the molecule is CN1C(=O)CO[C@@H]2CCN(C(=O)Cn3cccn3)C[C@@H]21. The average Bonchev–Trinajstić information content (AvgIpc) is 2.95. The maximum absolute atomic E-state index is 12.2. The highest BCUT2D eigenvalue weighted by Crippen LogP contribution is 2.22. The maximum atomic E-state index is 12.2. The van der Waals surface area contributed by atoms with Gasteiger partial charge < -0.3 is 14.5 Å². The summed E-state index contributed by atoms with van der Waals surface area (Å²) in [6, 6.07) is 1.76. The summed E-state index contributed by atoms with van der Waals surface area (Å²) in [5.74, 6) is 0.00574. The van der Waals surface area contributed by atoms with Gasteiger partial charge in [-0.1, -0.05) is 0 Å². The Kier molecular flexibility index (Phi) is 3.43. The molecule has 0 unspecified atom stereocenters. The van der Waals surface area contributed by atoms with Crippen LogP contribution in [0.2, 0.25) is 0 Å². The van der Waals surface area contributed by atoms with Crippen molar-refractivity contribution in [3.63, 3.8) is 0 Å². The molecule has 1 aromatic heterocycles. The number of ether oxygens (including phenoxy) is 1.